The van der Waals surface area contributed by atoms with Gasteiger partial charge in [0, 0.05) is 6.92 Å². The van der Waals surface area contributed by atoms with Crippen molar-refractivity contribution in [1.29, 1.82) is 0 Å². The molecule has 1 saturated heterocycles. The van der Waals surface area contributed by atoms with Gasteiger partial charge in [0.1, 0.15) is 5.75 Å². The Balaban J connectivity index is 2.15. The van der Waals surface area contributed by atoms with Gasteiger partial charge in [-0.25, -0.2) is 16.8 Å². The summed E-state index contributed by atoms with van der Waals surface area (Å²) in [6, 6.07) is 10.7. The number of ether oxygens (including phenoxy) is 1. The zero-order valence-corrected chi connectivity index (χ0v) is 18.0. The Kier molecular flexibility index (Phi) is 6.06. The first-order valence-electron chi connectivity index (χ1n) is 8.99. The Morgan fingerprint density at radius 1 is 1.17 bits per heavy atom. The van der Waals surface area contributed by atoms with E-state index < -0.39 is 49.4 Å². The predicted octanol–water partition coefficient (Wildman–Crippen LogP) is 1.01. The maximum Gasteiger partial charge on any atom is 0.264 e. The number of aliphatic hydroxyl groups excluding tert-OH is 1. The zero-order valence-electron chi connectivity index (χ0n) is 16.3. The number of nitrogens with one attached hydrogen (secondary N) is 1. The van der Waals surface area contributed by atoms with Crippen molar-refractivity contribution in [2.75, 3.05) is 28.2 Å². The Morgan fingerprint density at radius 3 is 2.37 bits per heavy atom. The molecule has 3 rings (SSSR count). The second kappa shape index (κ2) is 8.25. The van der Waals surface area contributed by atoms with E-state index in [0.717, 1.165) is 4.31 Å². The summed E-state index contributed by atoms with van der Waals surface area (Å²) < 4.78 is 57.4. The summed E-state index contributed by atoms with van der Waals surface area (Å²) in [7, 11) is -6.53. The number of hydrogen-bond acceptors (Lipinski definition) is 7. The van der Waals surface area contributed by atoms with Crippen LogP contribution in [0.2, 0.25) is 0 Å². The standard InChI is InChI=1S/C19H22N2O7S2/c1-13(22)20-16-10-15(8-9-19(16)28-2)30(26,27)21(14-6-4-3-5-7-14)17-11-29(24,25)12-18(17)23/h3-10,17-18,23H,11-12H2,1-2H3,(H,20,22)/t17-,18-/m1/s1. The van der Waals surface area contributed by atoms with Crippen LogP contribution in [0.1, 0.15) is 6.92 Å². The van der Waals surface area contributed by atoms with Crippen LogP contribution in [0.15, 0.2) is 53.4 Å². The molecule has 30 heavy (non-hydrogen) atoms. The molecule has 1 aliphatic heterocycles. The maximum absolute atomic E-state index is 13.6. The molecule has 162 valence electrons. The number of aliphatic hydroxyl groups is 1. The van der Waals surface area contributed by atoms with Gasteiger partial charge in [-0.2, -0.15) is 0 Å². The first-order chi connectivity index (χ1) is 14.0. The third-order valence-electron chi connectivity index (χ3n) is 4.64. The molecule has 2 N–H and O–H groups in total. The van der Waals surface area contributed by atoms with E-state index in [-0.39, 0.29) is 22.0 Å². The maximum atomic E-state index is 13.6. The molecule has 0 aliphatic carbocycles. The third kappa shape index (κ3) is 4.42. The Labute approximate surface area is 175 Å². The Morgan fingerprint density at radius 2 is 1.83 bits per heavy atom. The van der Waals surface area contributed by atoms with Gasteiger partial charge in [-0.15, -0.1) is 0 Å². The first kappa shape index (κ1) is 22.1. The van der Waals surface area contributed by atoms with Crippen molar-refractivity contribution in [1.82, 2.24) is 0 Å². The predicted molar refractivity (Wildman–Crippen MR) is 112 cm³/mol. The molecule has 0 unspecified atom stereocenters. The summed E-state index contributed by atoms with van der Waals surface area (Å²) in [6.45, 7) is 1.27. The molecule has 1 heterocycles. The van der Waals surface area contributed by atoms with Crippen molar-refractivity contribution in [3.05, 3.63) is 48.5 Å². The van der Waals surface area contributed by atoms with E-state index in [1.165, 1.54) is 44.4 Å². The fourth-order valence-electron chi connectivity index (χ4n) is 3.37. The number of rotatable bonds is 6. The number of amides is 1. The van der Waals surface area contributed by atoms with Crippen LogP contribution in [0.3, 0.4) is 0 Å². The lowest BCUT2D eigenvalue weighted by Crippen LogP contribution is -2.47. The van der Waals surface area contributed by atoms with Crippen LogP contribution in [0, 0.1) is 0 Å². The molecule has 2 aromatic carbocycles. The van der Waals surface area contributed by atoms with Crippen LogP contribution < -0.4 is 14.4 Å². The van der Waals surface area contributed by atoms with Gasteiger partial charge in [0.2, 0.25) is 5.91 Å². The molecule has 11 heteroatoms. The van der Waals surface area contributed by atoms with Gasteiger partial charge in [0.05, 0.1) is 47.0 Å². The number of para-hydroxylation sites is 1. The number of sulfone groups is 1. The molecule has 2 aromatic rings. The molecule has 1 amide bonds. The molecule has 0 bridgehead atoms. The number of carbonyl (C=O) groups excluding carboxylic acids is 1. The molecular formula is C19H22N2O7S2. The summed E-state index contributed by atoms with van der Waals surface area (Å²) in [5.74, 6) is -1.17. The average Bonchev–Trinajstić information content (AvgIpc) is 2.94. The molecule has 0 saturated carbocycles. The van der Waals surface area contributed by atoms with Crippen LogP contribution >= 0.6 is 0 Å². The van der Waals surface area contributed by atoms with Crippen molar-refractivity contribution < 1.29 is 31.5 Å². The number of benzene rings is 2. The van der Waals surface area contributed by atoms with Crippen LogP contribution in [0.25, 0.3) is 0 Å². The lowest BCUT2D eigenvalue weighted by atomic mass is 10.2. The van der Waals surface area contributed by atoms with E-state index in [9.17, 15) is 26.7 Å². The topological polar surface area (TPSA) is 130 Å². The second-order valence-electron chi connectivity index (χ2n) is 6.89. The van der Waals surface area contributed by atoms with Gasteiger partial charge in [-0.1, -0.05) is 18.2 Å². The highest BCUT2D eigenvalue weighted by Gasteiger charge is 2.45. The molecule has 0 radical (unpaired) electrons. The Bertz CT molecular complexity index is 1150. The SMILES string of the molecule is COc1ccc(S(=O)(=O)N(c2ccccc2)[C@@H]2CS(=O)(=O)C[C@H]2O)cc1NC(C)=O. The average molecular weight is 455 g/mol. The lowest BCUT2D eigenvalue weighted by Gasteiger charge is -2.31. The molecule has 0 spiro atoms. The number of anilines is 2. The quantitative estimate of drug-likeness (QED) is 0.666. The van der Waals surface area contributed by atoms with E-state index >= 15 is 0 Å². The van der Waals surface area contributed by atoms with Crippen molar-refractivity contribution in [2.45, 2.75) is 24.0 Å². The largest absolute Gasteiger partial charge is 0.495 e. The zero-order chi connectivity index (χ0) is 22.1. The minimum atomic E-state index is -4.30. The van der Waals surface area contributed by atoms with Crippen LogP contribution in [0.4, 0.5) is 11.4 Å². The van der Waals surface area contributed by atoms with Crippen molar-refractivity contribution >= 4 is 37.1 Å². The molecular weight excluding hydrogens is 432 g/mol. The van der Waals surface area contributed by atoms with Gasteiger partial charge >= 0.3 is 0 Å². The van der Waals surface area contributed by atoms with Gasteiger partial charge in [0.15, 0.2) is 9.84 Å². The fourth-order valence-corrected chi connectivity index (χ4v) is 6.94. The lowest BCUT2D eigenvalue weighted by molar-refractivity contribution is -0.114. The summed E-state index contributed by atoms with van der Waals surface area (Å²) in [4.78, 5) is 11.3. The van der Waals surface area contributed by atoms with Crippen LogP contribution in [0.5, 0.6) is 5.75 Å². The first-order valence-corrected chi connectivity index (χ1v) is 12.2. The summed E-state index contributed by atoms with van der Waals surface area (Å²) in [6.07, 6.45) is -1.38. The highest BCUT2D eigenvalue weighted by atomic mass is 32.2. The van der Waals surface area contributed by atoms with Crippen molar-refractivity contribution in [3.8, 4) is 5.75 Å². The van der Waals surface area contributed by atoms with E-state index in [1.807, 2.05) is 0 Å². The highest BCUT2D eigenvalue weighted by molar-refractivity contribution is 7.93. The van der Waals surface area contributed by atoms with Gasteiger partial charge in [-0.3, -0.25) is 9.10 Å². The van der Waals surface area contributed by atoms with Gasteiger partial charge < -0.3 is 15.2 Å². The summed E-state index contributed by atoms with van der Waals surface area (Å²) in [5.41, 5.74) is 0.370. The third-order valence-corrected chi connectivity index (χ3v) is 8.19. The number of sulfonamides is 1. The van der Waals surface area contributed by atoms with Crippen LogP contribution in [-0.4, -0.2) is 58.6 Å². The van der Waals surface area contributed by atoms with E-state index in [0.29, 0.717) is 0 Å². The number of carbonyl (C=O) groups is 1. The Hall–Kier alpha value is -2.63. The van der Waals surface area contributed by atoms with Gasteiger partial charge in [-0.05, 0) is 30.3 Å². The number of methoxy groups -OCH3 is 1. The summed E-state index contributed by atoms with van der Waals surface area (Å²) in [5, 5.41) is 12.9. The van der Waals surface area contributed by atoms with Crippen molar-refractivity contribution in [3.63, 3.8) is 0 Å². The molecule has 0 aromatic heterocycles. The number of nitrogens with zero attached hydrogens (tertiary/aromatic N) is 1. The fraction of sp³-hybridized carbons (Fsp3) is 0.316. The van der Waals surface area contributed by atoms with E-state index in [4.69, 9.17) is 4.74 Å². The monoisotopic (exact) mass is 454 g/mol. The smallest absolute Gasteiger partial charge is 0.264 e. The highest BCUT2D eigenvalue weighted by Crippen LogP contribution is 2.34. The minimum absolute atomic E-state index is 0.152. The summed E-state index contributed by atoms with van der Waals surface area (Å²) >= 11 is 0. The van der Waals surface area contributed by atoms with E-state index in [2.05, 4.69) is 5.32 Å². The second-order valence-corrected chi connectivity index (χ2v) is 10.9. The molecule has 1 aliphatic rings. The number of hydrogen-bond donors (Lipinski definition) is 2. The van der Waals surface area contributed by atoms with E-state index in [1.54, 1.807) is 18.2 Å². The van der Waals surface area contributed by atoms with Crippen molar-refractivity contribution in [2.24, 2.45) is 0 Å². The molecule has 2 atom stereocenters. The normalized spacial score (nSPS) is 20.5. The molecule has 1 fully saturated rings. The van der Waals surface area contributed by atoms with Crippen LogP contribution in [-0.2, 0) is 24.7 Å². The van der Waals surface area contributed by atoms with Gasteiger partial charge in [0.25, 0.3) is 10.0 Å². The minimum Gasteiger partial charge on any atom is -0.495 e. The molecule has 9 nitrogen and oxygen atoms in total.